The highest BCUT2D eigenvalue weighted by Gasteiger charge is 2.16. The second-order valence-electron chi connectivity index (χ2n) is 6.05. The lowest BCUT2D eigenvalue weighted by Crippen LogP contribution is -2.08. The Bertz CT molecular complexity index is 659. The topological polar surface area (TPSA) is 43.4 Å². The van der Waals surface area contributed by atoms with Crippen LogP contribution in [0.3, 0.4) is 0 Å². The lowest BCUT2D eigenvalue weighted by molar-refractivity contribution is -0.140. The summed E-state index contributed by atoms with van der Waals surface area (Å²) >= 11 is 0. The molecule has 0 saturated carbocycles. The van der Waals surface area contributed by atoms with Crippen LogP contribution < -0.4 is 0 Å². The fourth-order valence-electron chi connectivity index (χ4n) is 2.79. The van der Waals surface area contributed by atoms with Gasteiger partial charge in [-0.15, -0.1) is 0 Å². The smallest absolute Gasteiger partial charge is 0.305 e. The predicted octanol–water partition coefficient (Wildman–Crippen LogP) is 4.69. The lowest BCUT2D eigenvalue weighted by Gasteiger charge is -2.16. The number of carbonyl (C=O) groups is 2. The van der Waals surface area contributed by atoms with E-state index in [0.717, 1.165) is 23.1 Å². The third-order valence-electron chi connectivity index (χ3n) is 4.29. The molecule has 2 aromatic carbocycles. The fraction of sp³-hybridized carbons (Fsp3) is 0.333. The molecule has 0 bridgehead atoms. The molecular formula is C21H24O3. The minimum absolute atomic E-state index is 0.147. The third-order valence-corrected chi connectivity index (χ3v) is 4.29. The van der Waals surface area contributed by atoms with Crippen molar-refractivity contribution in [2.45, 2.75) is 38.5 Å². The molecule has 0 aliphatic carbocycles. The van der Waals surface area contributed by atoms with Crippen LogP contribution in [-0.2, 0) is 9.53 Å². The second kappa shape index (κ2) is 9.02. The van der Waals surface area contributed by atoms with Gasteiger partial charge in [0.25, 0.3) is 0 Å². The molecule has 2 aromatic rings. The van der Waals surface area contributed by atoms with E-state index in [4.69, 9.17) is 4.74 Å². The first kappa shape index (κ1) is 17.9. The predicted molar refractivity (Wildman–Crippen MR) is 95.2 cm³/mol. The zero-order valence-corrected chi connectivity index (χ0v) is 14.3. The first-order chi connectivity index (χ1) is 11.6. The molecule has 3 heteroatoms. The molecule has 0 saturated heterocycles. The monoisotopic (exact) mass is 324 g/mol. The van der Waals surface area contributed by atoms with E-state index >= 15 is 0 Å². The van der Waals surface area contributed by atoms with E-state index in [9.17, 15) is 9.59 Å². The van der Waals surface area contributed by atoms with Crippen molar-refractivity contribution in [1.82, 2.24) is 0 Å². The number of esters is 1. The van der Waals surface area contributed by atoms with Crippen LogP contribution >= 0.6 is 0 Å². The molecule has 0 amide bonds. The molecule has 0 radical (unpaired) electrons. The summed E-state index contributed by atoms with van der Waals surface area (Å²) in [5.74, 6) is 0.120. The highest BCUT2D eigenvalue weighted by molar-refractivity contribution is 5.96. The van der Waals surface area contributed by atoms with E-state index < -0.39 is 0 Å². The minimum atomic E-state index is -0.208. The molecule has 0 heterocycles. The van der Waals surface area contributed by atoms with Crippen molar-refractivity contribution in [1.29, 1.82) is 0 Å². The van der Waals surface area contributed by atoms with Crippen LogP contribution in [0.5, 0.6) is 0 Å². The number of carbonyl (C=O) groups excluding carboxylic acids is 2. The first-order valence-corrected chi connectivity index (χ1v) is 8.31. The van der Waals surface area contributed by atoms with Crippen molar-refractivity contribution in [3.63, 3.8) is 0 Å². The van der Waals surface area contributed by atoms with Crippen LogP contribution in [0.25, 0.3) is 0 Å². The van der Waals surface area contributed by atoms with Crippen molar-refractivity contribution in [2.24, 2.45) is 0 Å². The average Bonchev–Trinajstić information content (AvgIpc) is 2.62. The molecule has 0 fully saturated rings. The Labute approximate surface area is 143 Å². The van der Waals surface area contributed by atoms with Crippen LogP contribution in [0.4, 0.5) is 0 Å². The van der Waals surface area contributed by atoms with Gasteiger partial charge in [0, 0.05) is 18.4 Å². The number of hydrogen-bond acceptors (Lipinski definition) is 3. The summed E-state index contributed by atoms with van der Waals surface area (Å²) < 4.78 is 4.74. The van der Waals surface area contributed by atoms with Crippen LogP contribution in [0.2, 0.25) is 0 Å². The number of ketones is 1. The Kier molecular flexibility index (Phi) is 6.74. The largest absolute Gasteiger partial charge is 0.469 e. The maximum Gasteiger partial charge on any atom is 0.305 e. The summed E-state index contributed by atoms with van der Waals surface area (Å²) in [6, 6.07) is 17.7. The summed E-state index contributed by atoms with van der Waals surface area (Å²) in [5.41, 5.74) is 3.06. The van der Waals surface area contributed by atoms with Gasteiger partial charge in [-0.05, 0) is 31.2 Å². The number of ether oxygens (including phenoxy) is 1. The molecule has 3 nitrogen and oxygen atoms in total. The highest BCUT2D eigenvalue weighted by atomic mass is 16.5. The zero-order chi connectivity index (χ0) is 17.4. The van der Waals surface area contributed by atoms with E-state index in [1.165, 1.54) is 7.11 Å². The van der Waals surface area contributed by atoms with E-state index in [1.807, 2.05) is 49.4 Å². The molecule has 0 aromatic heterocycles. The highest BCUT2D eigenvalue weighted by Crippen LogP contribution is 2.27. The molecule has 1 atom stereocenters. The van der Waals surface area contributed by atoms with Gasteiger partial charge in [0.1, 0.15) is 0 Å². The third kappa shape index (κ3) is 5.34. The van der Waals surface area contributed by atoms with Crippen LogP contribution in [0.15, 0.2) is 54.6 Å². The Morgan fingerprint density at radius 3 is 2.17 bits per heavy atom. The number of methoxy groups -OCH3 is 1. The summed E-state index contributed by atoms with van der Waals surface area (Å²) in [6.07, 6.45) is 2.27. The van der Waals surface area contributed by atoms with Crippen molar-refractivity contribution >= 4 is 11.8 Å². The van der Waals surface area contributed by atoms with Gasteiger partial charge < -0.3 is 4.74 Å². The SMILES string of the molecule is COC(=O)CCC(CCC(=O)c1ccc(C)cc1)c1ccccc1. The van der Waals surface area contributed by atoms with Crippen molar-refractivity contribution in [2.75, 3.05) is 7.11 Å². The van der Waals surface area contributed by atoms with E-state index in [-0.39, 0.29) is 17.7 Å². The fourth-order valence-corrected chi connectivity index (χ4v) is 2.79. The molecule has 126 valence electrons. The van der Waals surface area contributed by atoms with Crippen molar-refractivity contribution in [3.8, 4) is 0 Å². The van der Waals surface area contributed by atoms with Gasteiger partial charge in [0.05, 0.1) is 7.11 Å². The van der Waals surface area contributed by atoms with Crippen molar-refractivity contribution in [3.05, 3.63) is 71.3 Å². The second-order valence-corrected chi connectivity index (χ2v) is 6.05. The van der Waals surface area contributed by atoms with Gasteiger partial charge in [-0.1, -0.05) is 60.2 Å². The Balaban J connectivity index is 2.00. The molecule has 24 heavy (non-hydrogen) atoms. The Hall–Kier alpha value is -2.42. The maximum absolute atomic E-state index is 12.4. The number of rotatable bonds is 8. The Morgan fingerprint density at radius 2 is 1.54 bits per heavy atom. The molecule has 2 rings (SSSR count). The summed E-state index contributed by atoms with van der Waals surface area (Å²) in [7, 11) is 1.40. The minimum Gasteiger partial charge on any atom is -0.469 e. The molecule has 0 aliphatic heterocycles. The summed E-state index contributed by atoms with van der Waals surface area (Å²) in [4.78, 5) is 23.8. The number of hydrogen-bond donors (Lipinski definition) is 0. The van der Waals surface area contributed by atoms with E-state index in [2.05, 4.69) is 12.1 Å². The number of aryl methyl sites for hydroxylation is 1. The Morgan fingerprint density at radius 1 is 0.917 bits per heavy atom. The van der Waals surface area contributed by atoms with Crippen LogP contribution in [0, 0.1) is 6.92 Å². The van der Waals surface area contributed by atoms with E-state index in [0.29, 0.717) is 19.3 Å². The van der Waals surface area contributed by atoms with Crippen molar-refractivity contribution < 1.29 is 14.3 Å². The standard InChI is InChI=1S/C21H24O3/c1-16-8-10-19(11-9-16)20(22)14-12-18(13-15-21(23)24-2)17-6-4-3-5-7-17/h3-11,18H,12-15H2,1-2H3. The molecule has 0 aliphatic rings. The van der Waals surface area contributed by atoms with Gasteiger partial charge in [-0.2, -0.15) is 0 Å². The van der Waals surface area contributed by atoms with Crippen LogP contribution in [0.1, 0.15) is 53.1 Å². The molecule has 1 unspecified atom stereocenters. The maximum atomic E-state index is 12.4. The van der Waals surface area contributed by atoms with Crippen LogP contribution in [-0.4, -0.2) is 18.9 Å². The quantitative estimate of drug-likeness (QED) is 0.522. The molecule has 0 spiro atoms. The van der Waals surface area contributed by atoms with Gasteiger partial charge in [-0.3, -0.25) is 9.59 Å². The van der Waals surface area contributed by atoms with Gasteiger partial charge in [0.15, 0.2) is 5.78 Å². The van der Waals surface area contributed by atoms with Gasteiger partial charge in [0.2, 0.25) is 0 Å². The normalized spacial score (nSPS) is 11.8. The molecular weight excluding hydrogens is 300 g/mol. The molecule has 0 N–H and O–H groups in total. The lowest BCUT2D eigenvalue weighted by atomic mass is 9.88. The van der Waals surface area contributed by atoms with Gasteiger partial charge >= 0.3 is 5.97 Å². The zero-order valence-electron chi connectivity index (χ0n) is 14.3. The average molecular weight is 324 g/mol. The first-order valence-electron chi connectivity index (χ1n) is 8.31. The van der Waals surface area contributed by atoms with E-state index in [1.54, 1.807) is 0 Å². The summed E-state index contributed by atoms with van der Waals surface area (Å²) in [6.45, 7) is 2.01. The number of benzene rings is 2. The van der Waals surface area contributed by atoms with Gasteiger partial charge in [-0.25, -0.2) is 0 Å². The number of Topliss-reactive ketones (excluding diaryl/α,β-unsaturated/α-hetero) is 1. The summed E-state index contributed by atoms with van der Waals surface area (Å²) in [5, 5.41) is 0.